The summed E-state index contributed by atoms with van der Waals surface area (Å²) in [7, 11) is 0. The van der Waals surface area contributed by atoms with Gasteiger partial charge in [-0.25, -0.2) is 0 Å². The van der Waals surface area contributed by atoms with Gasteiger partial charge in [-0.1, -0.05) is 29.6 Å². The van der Waals surface area contributed by atoms with Gasteiger partial charge in [-0.3, -0.25) is 9.59 Å². The molecule has 0 aromatic rings. The Morgan fingerprint density at radius 2 is 1.57 bits per heavy atom. The summed E-state index contributed by atoms with van der Waals surface area (Å²) >= 11 is 21.5. The van der Waals surface area contributed by atoms with E-state index in [1.807, 2.05) is 0 Å². The Balaban J connectivity index is 3.54. The number of halogens is 4. The second-order valence-corrected chi connectivity index (χ2v) is 5.14. The van der Waals surface area contributed by atoms with Crippen molar-refractivity contribution < 1.29 is 9.59 Å². The third-order valence-electron chi connectivity index (χ3n) is 1.65. The zero-order valence-electron chi connectivity index (χ0n) is 7.36. The van der Waals surface area contributed by atoms with E-state index in [0.29, 0.717) is 19.3 Å². The van der Waals surface area contributed by atoms with Gasteiger partial charge in [-0.05, 0) is 42.5 Å². The van der Waals surface area contributed by atoms with Crippen molar-refractivity contribution in [3.8, 4) is 0 Å². The first-order valence-corrected chi connectivity index (χ1v) is 5.63. The number of carbonyl (C=O) groups is 2. The Bertz CT molecular complexity index is 215. The van der Waals surface area contributed by atoms with Gasteiger partial charge in [0.05, 0.1) is 0 Å². The third-order valence-corrected chi connectivity index (χ3v) is 3.08. The van der Waals surface area contributed by atoms with Crippen molar-refractivity contribution in [2.75, 3.05) is 0 Å². The van der Waals surface area contributed by atoms with Crippen LogP contribution in [-0.4, -0.2) is 14.8 Å². The molecule has 0 unspecified atom stereocenters. The van der Waals surface area contributed by atoms with Crippen molar-refractivity contribution in [3.63, 3.8) is 0 Å². The van der Waals surface area contributed by atoms with Gasteiger partial charge in [0.1, 0.15) is 0 Å². The molecule has 0 atom stereocenters. The number of unbranched alkanes of at least 4 members (excludes halogenated alkanes) is 2. The molecule has 0 aliphatic heterocycles. The molecular formula is C8H10Cl4O2. The largest absolute Gasteiger partial charge is 0.281 e. The molecule has 2 nitrogen and oxygen atoms in total. The molecule has 0 saturated carbocycles. The Morgan fingerprint density at radius 3 is 2.00 bits per heavy atom. The maximum absolute atomic E-state index is 10.7. The first kappa shape index (κ1) is 14.5. The minimum atomic E-state index is -1.51. The molecule has 0 saturated heterocycles. The van der Waals surface area contributed by atoms with Crippen LogP contribution in [0.3, 0.4) is 0 Å². The minimum Gasteiger partial charge on any atom is -0.281 e. The van der Waals surface area contributed by atoms with Gasteiger partial charge in [0.25, 0.3) is 5.24 Å². The first-order valence-electron chi connectivity index (χ1n) is 4.12. The third kappa shape index (κ3) is 6.88. The van der Waals surface area contributed by atoms with Crippen LogP contribution < -0.4 is 0 Å². The monoisotopic (exact) mass is 278 g/mol. The molecule has 0 radical (unpaired) electrons. The van der Waals surface area contributed by atoms with Crippen LogP contribution in [0.4, 0.5) is 0 Å². The van der Waals surface area contributed by atoms with E-state index in [2.05, 4.69) is 0 Å². The maximum atomic E-state index is 10.7. The summed E-state index contributed by atoms with van der Waals surface area (Å²) in [4.78, 5) is 21.0. The molecule has 0 heterocycles. The van der Waals surface area contributed by atoms with Crippen LogP contribution in [0, 0.1) is 0 Å². The molecule has 0 aromatic carbocycles. The fraction of sp³-hybridized carbons (Fsp3) is 0.750. The summed E-state index contributed by atoms with van der Waals surface area (Å²) in [5.41, 5.74) is 0. The van der Waals surface area contributed by atoms with Crippen molar-refractivity contribution >= 4 is 56.9 Å². The molecule has 0 bridgehead atoms. The molecule has 0 N–H and O–H groups in total. The van der Waals surface area contributed by atoms with Gasteiger partial charge in [0.2, 0.25) is 5.24 Å². The summed E-state index contributed by atoms with van der Waals surface area (Å²) in [5.74, 6) is 0. The molecule has 0 spiro atoms. The summed E-state index contributed by atoms with van der Waals surface area (Å²) < 4.78 is -1.51. The van der Waals surface area contributed by atoms with E-state index in [1.54, 1.807) is 0 Å². The van der Waals surface area contributed by atoms with Crippen LogP contribution in [-0.2, 0) is 9.59 Å². The second kappa shape index (κ2) is 6.89. The zero-order chi connectivity index (χ0) is 11.2. The molecule has 6 heteroatoms. The highest BCUT2D eigenvalue weighted by Gasteiger charge is 2.31. The van der Waals surface area contributed by atoms with Gasteiger partial charge in [0, 0.05) is 6.42 Å². The fourth-order valence-corrected chi connectivity index (χ4v) is 1.38. The SMILES string of the molecule is O=C(Cl)CCCCCC(Cl)(Cl)C(=O)Cl. The van der Waals surface area contributed by atoms with Gasteiger partial charge in [-0.2, -0.15) is 0 Å². The predicted octanol–water partition coefficient (Wildman–Crippen LogP) is 3.64. The number of hydrogen-bond donors (Lipinski definition) is 0. The number of rotatable bonds is 7. The number of hydrogen-bond acceptors (Lipinski definition) is 2. The summed E-state index contributed by atoms with van der Waals surface area (Å²) in [6.45, 7) is 0. The van der Waals surface area contributed by atoms with E-state index in [9.17, 15) is 9.59 Å². The average molecular weight is 280 g/mol. The molecule has 14 heavy (non-hydrogen) atoms. The Hall–Kier alpha value is 0.500. The van der Waals surface area contributed by atoms with E-state index in [0.717, 1.165) is 6.42 Å². The topological polar surface area (TPSA) is 34.1 Å². The fourth-order valence-electron chi connectivity index (χ4n) is 0.886. The highest BCUT2D eigenvalue weighted by molar-refractivity contribution is 6.78. The van der Waals surface area contributed by atoms with Crippen molar-refractivity contribution in [2.24, 2.45) is 0 Å². The standard InChI is InChI=1S/C8H10Cl4O2/c9-6(13)4-2-1-3-5-8(11,12)7(10)14/h1-5H2. The Labute approximate surface area is 103 Å². The predicted molar refractivity (Wildman–Crippen MR) is 59.2 cm³/mol. The van der Waals surface area contributed by atoms with E-state index in [-0.39, 0.29) is 11.7 Å². The first-order chi connectivity index (χ1) is 6.36. The Morgan fingerprint density at radius 1 is 1.00 bits per heavy atom. The van der Waals surface area contributed by atoms with Crippen molar-refractivity contribution in [1.82, 2.24) is 0 Å². The number of carbonyl (C=O) groups excluding carboxylic acids is 2. The molecule has 0 aliphatic carbocycles. The normalized spacial score (nSPS) is 11.4. The molecule has 0 fully saturated rings. The lowest BCUT2D eigenvalue weighted by Gasteiger charge is -2.13. The molecule has 0 rings (SSSR count). The quantitative estimate of drug-likeness (QED) is 0.405. The second-order valence-electron chi connectivity index (χ2n) is 2.89. The molecule has 0 amide bonds. The van der Waals surface area contributed by atoms with Gasteiger partial charge in [-0.15, -0.1) is 0 Å². The maximum Gasteiger partial charge on any atom is 0.257 e. The van der Waals surface area contributed by atoms with Crippen LogP contribution >= 0.6 is 46.4 Å². The lowest BCUT2D eigenvalue weighted by atomic mass is 10.1. The van der Waals surface area contributed by atoms with Gasteiger partial charge >= 0.3 is 0 Å². The van der Waals surface area contributed by atoms with Crippen molar-refractivity contribution in [3.05, 3.63) is 0 Å². The van der Waals surface area contributed by atoms with Crippen LogP contribution in [0.2, 0.25) is 0 Å². The zero-order valence-corrected chi connectivity index (χ0v) is 10.4. The molecule has 0 aliphatic rings. The summed E-state index contributed by atoms with van der Waals surface area (Å²) in [5, 5.41) is -1.13. The highest BCUT2D eigenvalue weighted by Crippen LogP contribution is 2.30. The van der Waals surface area contributed by atoms with E-state index >= 15 is 0 Å². The van der Waals surface area contributed by atoms with Gasteiger partial charge in [0.15, 0.2) is 4.33 Å². The lowest BCUT2D eigenvalue weighted by Crippen LogP contribution is -2.20. The van der Waals surface area contributed by atoms with E-state index in [4.69, 9.17) is 46.4 Å². The molecule has 0 aromatic heterocycles. The molecule has 82 valence electrons. The van der Waals surface area contributed by atoms with Crippen LogP contribution in [0.15, 0.2) is 0 Å². The van der Waals surface area contributed by atoms with Crippen LogP contribution in [0.1, 0.15) is 32.1 Å². The van der Waals surface area contributed by atoms with E-state index in [1.165, 1.54) is 0 Å². The average Bonchev–Trinajstić information content (AvgIpc) is 2.02. The Kier molecular flexibility index (Phi) is 7.13. The minimum absolute atomic E-state index is 0.287. The van der Waals surface area contributed by atoms with E-state index < -0.39 is 9.58 Å². The molecular weight excluding hydrogens is 270 g/mol. The van der Waals surface area contributed by atoms with Crippen LogP contribution in [0.5, 0.6) is 0 Å². The summed E-state index contributed by atoms with van der Waals surface area (Å²) in [6, 6.07) is 0. The lowest BCUT2D eigenvalue weighted by molar-refractivity contribution is -0.113. The van der Waals surface area contributed by atoms with Gasteiger partial charge < -0.3 is 0 Å². The van der Waals surface area contributed by atoms with Crippen molar-refractivity contribution in [1.29, 1.82) is 0 Å². The number of alkyl halides is 2. The summed E-state index contributed by atoms with van der Waals surface area (Å²) in [6.07, 6.45) is 2.66. The van der Waals surface area contributed by atoms with Crippen molar-refractivity contribution in [2.45, 2.75) is 36.4 Å². The smallest absolute Gasteiger partial charge is 0.257 e. The van der Waals surface area contributed by atoms with Crippen LogP contribution in [0.25, 0.3) is 0 Å². The highest BCUT2D eigenvalue weighted by atomic mass is 35.5.